The Morgan fingerprint density at radius 1 is 1.12 bits per heavy atom. The molecule has 17 heavy (non-hydrogen) atoms. The van der Waals surface area contributed by atoms with E-state index in [1.54, 1.807) is 6.20 Å². The number of fused-ring (bicyclic) bond motifs is 1. The number of aromatic hydroxyl groups is 1. The number of benzene rings is 1. The molecule has 0 radical (unpaired) electrons. The van der Waals surface area contributed by atoms with Gasteiger partial charge in [-0.1, -0.05) is 12.1 Å². The minimum absolute atomic E-state index is 0.0694. The van der Waals surface area contributed by atoms with Crippen molar-refractivity contribution in [3.8, 4) is 16.6 Å². The van der Waals surface area contributed by atoms with E-state index >= 15 is 0 Å². The highest BCUT2D eigenvalue weighted by atomic mass is 32.1. The minimum atomic E-state index is 0.0694. The third-order valence-corrected chi connectivity index (χ3v) is 3.42. The predicted molar refractivity (Wildman–Crippen MR) is 67.0 cm³/mol. The van der Waals surface area contributed by atoms with Crippen molar-refractivity contribution in [1.29, 1.82) is 0 Å². The minimum Gasteiger partial charge on any atom is -0.492 e. The lowest BCUT2D eigenvalue weighted by Crippen LogP contribution is -1.87. The summed E-state index contributed by atoms with van der Waals surface area (Å²) in [6.45, 7) is 1.82. The fourth-order valence-corrected chi connectivity index (χ4v) is 2.32. The second-order valence-electron chi connectivity index (χ2n) is 3.64. The molecule has 0 saturated heterocycles. The maximum absolute atomic E-state index is 9.47. The second-order valence-corrected chi connectivity index (χ2v) is 4.85. The molecule has 3 aromatic rings. The first-order chi connectivity index (χ1) is 8.24. The molecule has 1 aromatic carbocycles. The van der Waals surface area contributed by atoms with Crippen LogP contribution in [0.3, 0.4) is 0 Å². The first-order valence-electron chi connectivity index (χ1n) is 5.12. The van der Waals surface area contributed by atoms with Gasteiger partial charge in [0.05, 0.1) is 22.1 Å². The molecule has 3 rings (SSSR count). The van der Waals surface area contributed by atoms with Crippen LogP contribution in [0.4, 0.5) is 0 Å². The summed E-state index contributed by atoms with van der Waals surface area (Å²) in [6.07, 6.45) is 1.68. The number of aryl methyl sites for hydroxylation is 1. The normalized spacial score (nSPS) is 10.9. The fourth-order valence-electron chi connectivity index (χ4n) is 1.56. The van der Waals surface area contributed by atoms with E-state index in [0.29, 0.717) is 10.7 Å². The molecule has 2 heterocycles. The Bertz CT molecular complexity index is 674. The lowest BCUT2D eigenvalue weighted by Gasteiger charge is -1.98. The van der Waals surface area contributed by atoms with Crippen molar-refractivity contribution < 1.29 is 5.11 Å². The topological polar surface area (TPSA) is 58.9 Å². The summed E-state index contributed by atoms with van der Waals surface area (Å²) < 4.78 is 0. The number of thiazole rings is 1. The molecule has 0 fully saturated rings. The van der Waals surface area contributed by atoms with Crippen LogP contribution >= 0.6 is 11.3 Å². The summed E-state index contributed by atoms with van der Waals surface area (Å²) >= 11 is 1.41. The maximum atomic E-state index is 9.47. The number of hydrogen-bond acceptors (Lipinski definition) is 5. The molecule has 0 amide bonds. The lowest BCUT2D eigenvalue weighted by molar-refractivity contribution is 0.454. The van der Waals surface area contributed by atoms with E-state index < -0.39 is 0 Å². The van der Waals surface area contributed by atoms with Gasteiger partial charge in [-0.3, -0.25) is 4.98 Å². The van der Waals surface area contributed by atoms with Crippen molar-refractivity contribution >= 4 is 22.4 Å². The molecular formula is C12H9N3OS. The third kappa shape index (κ3) is 1.74. The van der Waals surface area contributed by atoms with Gasteiger partial charge in [-0.15, -0.1) is 11.3 Å². The van der Waals surface area contributed by atoms with Crippen molar-refractivity contribution in [3.05, 3.63) is 35.3 Å². The van der Waals surface area contributed by atoms with Gasteiger partial charge in [-0.25, -0.2) is 4.98 Å². The smallest absolute Gasteiger partial charge is 0.225 e. The van der Waals surface area contributed by atoms with E-state index in [-0.39, 0.29) is 5.88 Å². The van der Waals surface area contributed by atoms with Gasteiger partial charge in [0.2, 0.25) is 5.88 Å². The monoisotopic (exact) mass is 243 g/mol. The average molecular weight is 243 g/mol. The Balaban J connectivity index is 2.17. The second kappa shape index (κ2) is 3.78. The van der Waals surface area contributed by atoms with Gasteiger partial charge in [-0.05, 0) is 19.1 Å². The van der Waals surface area contributed by atoms with Crippen LogP contribution in [0.15, 0.2) is 30.5 Å². The number of para-hydroxylation sites is 2. The summed E-state index contributed by atoms with van der Waals surface area (Å²) in [5, 5.41) is 10.2. The van der Waals surface area contributed by atoms with Gasteiger partial charge in [0, 0.05) is 0 Å². The summed E-state index contributed by atoms with van der Waals surface area (Å²) in [5.74, 6) is 0.0694. The van der Waals surface area contributed by atoms with Gasteiger partial charge in [0.25, 0.3) is 0 Å². The molecular weight excluding hydrogens is 234 g/mol. The van der Waals surface area contributed by atoms with Crippen molar-refractivity contribution in [2.45, 2.75) is 6.92 Å². The molecule has 0 unspecified atom stereocenters. The first-order valence-corrected chi connectivity index (χ1v) is 5.94. The van der Waals surface area contributed by atoms with Crippen LogP contribution in [0.5, 0.6) is 5.88 Å². The van der Waals surface area contributed by atoms with Crippen molar-refractivity contribution in [2.24, 2.45) is 0 Å². The van der Waals surface area contributed by atoms with Crippen LogP contribution in [0.25, 0.3) is 21.7 Å². The highest BCUT2D eigenvalue weighted by molar-refractivity contribution is 7.15. The van der Waals surface area contributed by atoms with Crippen LogP contribution in [-0.2, 0) is 0 Å². The SMILES string of the molecule is Cc1sc(-c2cnc3ccccc3n2)nc1O. The average Bonchev–Trinajstić information content (AvgIpc) is 2.69. The standard InChI is InChI=1S/C12H9N3OS/c1-7-11(16)15-12(17-7)10-6-13-8-4-2-3-5-9(8)14-10/h2-6,16H,1H3. The van der Waals surface area contributed by atoms with Gasteiger partial charge >= 0.3 is 0 Å². The molecule has 0 spiro atoms. The quantitative estimate of drug-likeness (QED) is 0.714. The molecule has 0 bridgehead atoms. The van der Waals surface area contributed by atoms with E-state index in [4.69, 9.17) is 0 Å². The highest BCUT2D eigenvalue weighted by Crippen LogP contribution is 2.29. The van der Waals surface area contributed by atoms with Crippen LogP contribution in [0.1, 0.15) is 4.88 Å². The van der Waals surface area contributed by atoms with Crippen molar-refractivity contribution in [1.82, 2.24) is 15.0 Å². The zero-order valence-corrected chi connectivity index (χ0v) is 9.90. The summed E-state index contributed by atoms with van der Waals surface area (Å²) in [6, 6.07) is 7.67. The van der Waals surface area contributed by atoms with Gasteiger partial charge < -0.3 is 5.11 Å². The molecule has 0 atom stereocenters. The number of hydrogen-bond donors (Lipinski definition) is 1. The van der Waals surface area contributed by atoms with E-state index in [9.17, 15) is 5.11 Å². The van der Waals surface area contributed by atoms with Gasteiger partial charge in [0.1, 0.15) is 10.7 Å². The molecule has 0 saturated carbocycles. The molecule has 84 valence electrons. The lowest BCUT2D eigenvalue weighted by atomic mass is 10.3. The Morgan fingerprint density at radius 3 is 2.59 bits per heavy atom. The summed E-state index contributed by atoms with van der Waals surface area (Å²) in [4.78, 5) is 13.6. The molecule has 0 aliphatic heterocycles. The Kier molecular flexibility index (Phi) is 2.26. The molecule has 5 heteroatoms. The molecule has 1 N–H and O–H groups in total. The molecule has 0 aliphatic carbocycles. The third-order valence-electron chi connectivity index (χ3n) is 2.44. The molecule has 2 aromatic heterocycles. The zero-order chi connectivity index (χ0) is 11.8. The number of nitrogens with zero attached hydrogens (tertiary/aromatic N) is 3. The number of rotatable bonds is 1. The van der Waals surface area contributed by atoms with Crippen LogP contribution in [-0.4, -0.2) is 20.1 Å². The predicted octanol–water partition coefficient (Wildman–Crippen LogP) is 2.77. The van der Waals surface area contributed by atoms with E-state index in [0.717, 1.165) is 15.9 Å². The van der Waals surface area contributed by atoms with Crippen LogP contribution in [0, 0.1) is 6.92 Å². The molecule has 0 aliphatic rings. The maximum Gasteiger partial charge on any atom is 0.225 e. The molecule has 4 nitrogen and oxygen atoms in total. The zero-order valence-electron chi connectivity index (χ0n) is 9.08. The summed E-state index contributed by atoms with van der Waals surface area (Å²) in [7, 11) is 0. The Hall–Kier alpha value is -2.01. The summed E-state index contributed by atoms with van der Waals surface area (Å²) in [5.41, 5.74) is 2.38. The van der Waals surface area contributed by atoms with Gasteiger partial charge in [0.15, 0.2) is 0 Å². The van der Waals surface area contributed by atoms with Gasteiger partial charge in [-0.2, -0.15) is 4.98 Å². The van der Waals surface area contributed by atoms with Crippen molar-refractivity contribution in [3.63, 3.8) is 0 Å². The van der Waals surface area contributed by atoms with E-state index in [1.165, 1.54) is 11.3 Å². The Labute approximate surface area is 102 Å². The van der Waals surface area contributed by atoms with Crippen LogP contribution < -0.4 is 0 Å². The first kappa shape index (κ1) is 10.2. The van der Waals surface area contributed by atoms with Crippen molar-refractivity contribution in [2.75, 3.05) is 0 Å². The number of aromatic nitrogens is 3. The Morgan fingerprint density at radius 2 is 1.88 bits per heavy atom. The fraction of sp³-hybridized carbons (Fsp3) is 0.0833. The highest BCUT2D eigenvalue weighted by Gasteiger charge is 2.10. The van der Waals surface area contributed by atoms with Crippen LogP contribution in [0.2, 0.25) is 0 Å². The van der Waals surface area contributed by atoms with E-state index in [2.05, 4.69) is 15.0 Å². The van der Waals surface area contributed by atoms with E-state index in [1.807, 2.05) is 31.2 Å². The largest absolute Gasteiger partial charge is 0.492 e.